The van der Waals surface area contributed by atoms with Gasteiger partial charge in [0.1, 0.15) is 5.69 Å². The first-order valence-electron chi connectivity index (χ1n) is 7.41. The lowest BCUT2D eigenvalue weighted by Crippen LogP contribution is -2.14. The molecule has 0 spiro atoms. The zero-order valence-electron chi connectivity index (χ0n) is 13.2. The molecular weight excluding hydrogens is 344 g/mol. The van der Waals surface area contributed by atoms with E-state index in [1.165, 1.54) is 16.7 Å². The smallest absolute Gasteiger partial charge is 0.307 e. The quantitative estimate of drug-likeness (QED) is 0.705. The average molecular weight is 357 g/mol. The Morgan fingerprint density at radius 1 is 1.20 bits per heavy atom. The number of carbonyl (C=O) groups excluding carboxylic acids is 1. The van der Waals surface area contributed by atoms with Crippen molar-refractivity contribution in [3.63, 3.8) is 0 Å². The van der Waals surface area contributed by atoms with Crippen LogP contribution in [0.2, 0.25) is 5.02 Å². The molecule has 7 heteroatoms. The highest BCUT2D eigenvalue weighted by Gasteiger charge is 2.21. The second-order valence-corrected chi connectivity index (χ2v) is 6.01. The molecule has 0 atom stereocenters. The van der Waals surface area contributed by atoms with Crippen LogP contribution in [0.3, 0.4) is 0 Å². The van der Waals surface area contributed by atoms with Gasteiger partial charge in [0.05, 0.1) is 11.9 Å². The van der Waals surface area contributed by atoms with Crippen molar-refractivity contribution in [1.82, 2.24) is 4.57 Å². The number of hydrogen-bond acceptors (Lipinski definition) is 4. The lowest BCUT2D eigenvalue weighted by Gasteiger charge is -2.08. The van der Waals surface area contributed by atoms with Crippen molar-refractivity contribution in [1.29, 1.82) is 0 Å². The molecular formula is C18H13ClN2O4. The Morgan fingerprint density at radius 2 is 1.96 bits per heavy atom. The summed E-state index contributed by atoms with van der Waals surface area (Å²) in [6, 6.07) is 11.1. The van der Waals surface area contributed by atoms with Crippen LogP contribution in [0, 0.1) is 11.8 Å². The maximum atomic E-state index is 13.0. The summed E-state index contributed by atoms with van der Waals surface area (Å²) in [6.07, 6.45) is -0.263. The van der Waals surface area contributed by atoms with Crippen molar-refractivity contribution in [3.05, 3.63) is 69.2 Å². The van der Waals surface area contributed by atoms with E-state index < -0.39 is 5.97 Å². The number of aliphatic carboxylic acids is 1. The Kier molecular flexibility index (Phi) is 4.37. The fourth-order valence-corrected chi connectivity index (χ4v) is 3.11. The van der Waals surface area contributed by atoms with Crippen LogP contribution in [0.25, 0.3) is 10.9 Å². The highest BCUT2D eigenvalue weighted by atomic mass is 35.5. The van der Waals surface area contributed by atoms with E-state index >= 15 is 0 Å². The van der Waals surface area contributed by atoms with Gasteiger partial charge in [-0.2, -0.15) is 0 Å². The molecule has 1 N–H and O–H groups in total. The Labute approximate surface area is 147 Å². The summed E-state index contributed by atoms with van der Waals surface area (Å²) < 4.78 is 1.44. The zero-order valence-corrected chi connectivity index (χ0v) is 13.9. The van der Waals surface area contributed by atoms with Crippen LogP contribution >= 0.6 is 11.6 Å². The number of halogens is 1. The molecule has 0 saturated heterocycles. The number of aromatic nitrogens is 1. The first-order chi connectivity index (χ1) is 11.9. The number of carboxylic acid groups (broad SMARTS) is 1. The number of fused-ring (bicyclic) bond motifs is 1. The molecule has 3 rings (SSSR count). The third kappa shape index (κ3) is 3.04. The van der Waals surface area contributed by atoms with Crippen LogP contribution < -0.4 is 0 Å². The van der Waals surface area contributed by atoms with Crippen molar-refractivity contribution in [2.45, 2.75) is 13.3 Å². The maximum Gasteiger partial charge on any atom is 0.307 e. The van der Waals surface area contributed by atoms with Crippen molar-refractivity contribution in [2.75, 3.05) is 0 Å². The van der Waals surface area contributed by atoms with Crippen LogP contribution in [0.5, 0.6) is 0 Å². The van der Waals surface area contributed by atoms with E-state index in [0.717, 1.165) is 0 Å². The van der Waals surface area contributed by atoms with Gasteiger partial charge in [0.15, 0.2) is 0 Å². The molecule has 1 aromatic heterocycles. The summed E-state index contributed by atoms with van der Waals surface area (Å²) >= 11 is 5.96. The molecule has 0 fully saturated rings. The molecule has 0 amide bonds. The Balaban J connectivity index is 2.27. The normalized spacial score (nSPS) is 10.8. The molecule has 1 heterocycles. The van der Waals surface area contributed by atoms with E-state index in [4.69, 9.17) is 11.6 Å². The third-order valence-electron chi connectivity index (χ3n) is 4.03. The Hall–Kier alpha value is -2.99. The largest absolute Gasteiger partial charge is 0.481 e. The molecule has 2 aromatic carbocycles. The molecule has 0 aliphatic rings. The van der Waals surface area contributed by atoms with Crippen molar-refractivity contribution in [3.8, 4) is 0 Å². The second-order valence-electron chi connectivity index (χ2n) is 5.58. The Bertz CT molecular complexity index is 1020. The summed E-state index contributed by atoms with van der Waals surface area (Å²) in [5.41, 5.74) is 2.05. The highest BCUT2D eigenvalue weighted by molar-refractivity contribution is 6.31. The lowest BCUT2D eigenvalue weighted by atomic mass is 10.1. The Morgan fingerprint density at radius 3 is 2.60 bits per heavy atom. The van der Waals surface area contributed by atoms with Crippen LogP contribution in [-0.4, -0.2) is 21.6 Å². The summed E-state index contributed by atoms with van der Waals surface area (Å²) in [4.78, 5) is 35.0. The molecule has 3 aromatic rings. The van der Waals surface area contributed by atoms with E-state index in [-0.39, 0.29) is 18.0 Å². The molecule has 0 bridgehead atoms. The number of benzene rings is 2. The first-order valence-corrected chi connectivity index (χ1v) is 7.79. The van der Waals surface area contributed by atoms with E-state index in [9.17, 15) is 19.6 Å². The number of carbonyl (C=O) groups is 2. The first kappa shape index (κ1) is 16.9. The van der Waals surface area contributed by atoms with Gasteiger partial charge in [-0.1, -0.05) is 17.7 Å². The van der Waals surface area contributed by atoms with E-state index in [1.54, 1.807) is 37.3 Å². The maximum absolute atomic E-state index is 13.0. The molecule has 126 valence electrons. The number of nitroso groups, excluding NO2 is 1. The van der Waals surface area contributed by atoms with Crippen molar-refractivity contribution < 1.29 is 14.7 Å². The molecule has 0 unspecified atom stereocenters. The highest BCUT2D eigenvalue weighted by Crippen LogP contribution is 2.31. The standard InChI is InChI=1S/C18H13ClN2O4/c1-10-14(9-17(22)23)15-8-13(20-25)5-6-16(15)21(10)18(24)11-3-2-4-12(19)7-11/h2-8H,9H2,1H3,(H,22,23). The molecule has 25 heavy (non-hydrogen) atoms. The zero-order chi connectivity index (χ0) is 18.1. The van der Waals surface area contributed by atoms with Gasteiger partial charge in [0.25, 0.3) is 5.91 Å². The van der Waals surface area contributed by atoms with Gasteiger partial charge in [0, 0.05) is 21.7 Å². The van der Waals surface area contributed by atoms with Crippen molar-refractivity contribution >= 4 is 40.1 Å². The number of rotatable bonds is 4. The summed E-state index contributed by atoms with van der Waals surface area (Å²) in [6.45, 7) is 1.68. The molecule has 0 aliphatic heterocycles. The van der Waals surface area contributed by atoms with Gasteiger partial charge in [0.2, 0.25) is 0 Å². The lowest BCUT2D eigenvalue weighted by molar-refractivity contribution is -0.136. The van der Waals surface area contributed by atoms with E-state index in [2.05, 4.69) is 5.18 Å². The van der Waals surface area contributed by atoms with E-state index in [0.29, 0.717) is 32.7 Å². The molecule has 6 nitrogen and oxygen atoms in total. The van der Waals surface area contributed by atoms with Crippen LogP contribution in [0.1, 0.15) is 21.6 Å². The van der Waals surface area contributed by atoms with Crippen LogP contribution in [0.15, 0.2) is 47.6 Å². The molecule has 0 radical (unpaired) electrons. The van der Waals surface area contributed by atoms with E-state index in [1.807, 2.05) is 0 Å². The molecule has 0 aliphatic carbocycles. The summed E-state index contributed by atoms with van der Waals surface area (Å²) in [5.74, 6) is -1.35. The minimum Gasteiger partial charge on any atom is -0.481 e. The minimum atomic E-state index is -1.03. The number of hydrogen-bond donors (Lipinski definition) is 1. The average Bonchev–Trinajstić information content (AvgIpc) is 2.85. The van der Waals surface area contributed by atoms with Gasteiger partial charge in [-0.15, -0.1) is 4.91 Å². The fourth-order valence-electron chi connectivity index (χ4n) is 2.91. The minimum absolute atomic E-state index is 0.173. The SMILES string of the molecule is Cc1c(CC(=O)O)c2cc(N=O)ccc2n1C(=O)c1cccc(Cl)c1. The van der Waals surface area contributed by atoms with Gasteiger partial charge in [-0.3, -0.25) is 14.2 Å². The monoisotopic (exact) mass is 356 g/mol. The van der Waals surface area contributed by atoms with Crippen molar-refractivity contribution in [2.24, 2.45) is 5.18 Å². The number of carboxylic acids is 1. The number of nitrogens with zero attached hydrogens (tertiary/aromatic N) is 2. The summed E-state index contributed by atoms with van der Waals surface area (Å²) in [7, 11) is 0. The molecule has 0 saturated carbocycles. The van der Waals surface area contributed by atoms with Gasteiger partial charge < -0.3 is 5.11 Å². The van der Waals surface area contributed by atoms with Gasteiger partial charge in [-0.25, -0.2) is 0 Å². The second kappa shape index (κ2) is 6.49. The topological polar surface area (TPSA) is 88.7 Å². The van der Waals surface area contributed by atoms with Crippen LogP contribution in [-0.2, 0) is 11.2 Å². The third-order valence-corrected chi connectivity index (χ3v) is 4.26. The predicted molar refractivity (Wildman–Crippen MR) is 94.7 cm³/mol. The summed E-state index contributed by atoms with van der Waals surface area (Å²) in [5, 5.41) is 13.0. The van der Waals surface area contributed by atoms with Crippen LogP contribution in [0.4, 0.5) is 5.69 Å². The van der Waals surface area contributed by atoms with Gasteiger partial charge in [-0.05, 0) is 54.1 Å². The fraction of sp³-hybridized carbons (Fsp3) is 0.111. The predicted octanol–water partition coefficient (Wildman–Crippen LogP) is 4.32. The van der Waals surface area contributed by atoms with Gasteiger partial charge >= 0.3 is 5.97 Å².